The molecule has 0 atom stereocenters. The van der Waals surface area contributed by atoms with E-state index in [2.05, 4.69) is 22.1 Å². The molecule has 0 unspecified atom stereocenters. The summed E-state index contributed by atoms with van der Waals surface area (Å²) in [5.41, 5.74) is 2.09. The number of halogens is 1. The molecule has 0 saturated carbocycles. The number of hydrogen-bond donors (Lipinski definition) is 1. The standard InChI is InChI=1S/C22H23ClN4O3S2/c1-5-11-27-19(15-7-9-16(23)10-8-15)25-26-22(27)31-12-17(28)24-20-18(21(29)30-6-2)13(3)14(4)32-20/h5,7-10H,1,6,11-12H2,2-4H3,(H,24,28). The molecule has 1 aromatic carbocycles. The highest BCUT2D eigenvalue weighted by atomic mass is 35.5. The van der Waals surface area contributed by atoms with Gasteiger partial charge in [-0.2, -0.15) is 0 Å². The van der Waals surface area contributed by atoms with Gasteiger partial charge in [0.15, 0.2) is 11.0 Å². The highest BCUT2D eigenvalue weighted by Crippen LogP contribution is 2.33. The fourth-order valence-electron chi connectivity index (χ4n) is 2.96. The Morgan fingerprint density at radius 1 is 1.28 bits per heavy atom. The number of allylic oxidation sites excluding steroid dienone is 1. The van der Waals surface area contributed by atoms with E-state index in [1.165, 1.54) is 23.1 Å². The molecule has 3 aromatic rings. The van der Waals surface area contributed by atoms with Crippen molar-refractivity contribution in [2.24, 2.45) is 0 Å². The van der Waals surface area contributed by atoms with Crippen LogP contribution in [0.4, 0.5) is 5.00 Å². The number of nitrogens with zero attached hydrogens (tertiary/aromatic N) is 3. The van der Waals surface area contributed by atoms with Crippen molar-refractivity contribution in [3.8, 4) is 11.4 Å². The quantitative estimate of drug-likeness (QED) is 0.246. The zero-order valence-electron chi connectivity index (χ0n) is 18.0. The third-order valence-corrected chi connectivity index (χ3v) is 6.92. The molecule has 2 aromatic heterocycles. The normalized spacial score (nSPS) is 10.8. The lowest BCUT2D eigenvalue weighted by Crippen LogP contribution is -2.17. The second-order valence-corrected chi connectivity index (χ2v) is 9.36. The van der Waals surface area contributed by atoms with Crippen LogP contribution in [0.3, 0.4) is 0 Å². The molecule has 0 fully saturated rings. The first-order valence-electron chi connectivity index (χ1n) is 9.85. The topological polar surface area (TPSA) is 86.1 Å². The van der Waals surface area contributed by atoms with Crippen molar-refractivity contribution in [2.75, 3.05) is 17.7 Å². The molecule has 1 amide bonds. The van der Waals surface area contributed by atoms with E-state index in [4.69, 9.17) is 16.3 Å². The molecule has 32 heavy (non-hydrogen) atoms. The van der Waals surface area contributed by atoms with Crippen LogP contribution in [0.1, 0.15) is 27.7 Å². The van der Waals surface area contributed by atoms with Crippen LogP contribution in [0.5, 0.6) is 0 Å². The summed E-state index contributed by atoms with van der Waals surface area (Å²) in [7, 11) is 0. The SMILES string of the molecule is C=CCn1c(SCC(=O)Nc2sc(C)c(C)c2C(=O)OCC)nnc1-c1ccc(Cl)cc1. The van der Waals surface area contributed by atoms with E-state index >= 15 is 0 Å². The lowest BCUT2D eigenvalue weighted by Gasteiger charge is -2.09. The number of anilines is 1. The van der Waals surface area contributed by atoms with Crippen molar-refractivity contribution < 1.29 is 14.3 Å². The Kier molecular flexibility index (Phi) is 8.11. The van der Waals surface area contributed by atoms with Gasteiger partial charge in [-0.25, -0.2) is 4.79 Å². The number of hydrogen-bond acceptors (Lipinski definition) is 7. The van der Waals surface area contributed by atoms with E-state index in [0.717, 1.165) is 16.0 Å². The third kappa shape index (κ3) is 5.40. The molecule has 7 nitrogen and oxygen atoms in total. The largest absolute Gasteiger partial charge is 0.462 e. The lowest BCUT2D eigenvalue weighted by atomic mass is 10.1. The number of esters is 1. The predicted molar refractivity (Wildman–Crippen MR) is 130 cm³/mol. The second-order valence-electron chi connectivity index (χ2n) is 6.76. The van der Waals surface area contributed by atoms with E-state index in [0.29, 0.717) is 33.1 Å². The zero-order chi connectivity index (χ0) is 23.3. The predicted octanol–water partition coefficient (Wildman–Crippen LogP) is 5.37. The number of rotatable bonds is 9. The summed E-state index contributed by atoms with van der Waals surface area (Å²) in [6, 6.07) is 7.31. The minimum Gasteiger partial charge on any atom is -0.462 e. The summed E-state index contributed by atoms with van der Waals surface area (Å²) in [6.45, 7) is 10.1. The van der Waals surface area contributed by atoms with Gasteiger partial charge in [-0.15, -0.1) is 28.1 Å². The number of ether oxygens (including phenoxy) is 1. The van der Waals surface area contributed by atoms with E-state index < -0.39 is 5.97 Å². The maximum absolute atomic E-state index is 12.7. The van der Waals surface area contributed by atoms with Gasteiger partial charge in [-0.1, -0.05) is 29.4 Å². The number of benzene rings is 1. The third-order valence-electron chi connectivity index (χ3n) is 4.58. The molecule has 0 spiro atoms. The average molecular weight is 491 g/mol. The Morgan fingerprint density at radius 3 is 2.66 bits per heavy atom. The molecule has 10 heteroatoms. The molecule has 0 bridgehead atoms. The molecule has 0 aliphatic heterocycles. The van der Waals surface area contributed by atoms with Gasteiger partial charge >= 0.3 is 5.97 Å². The van der Waals surface area contributed by atoms with E-state index in [-0.39, 0.29) is 18.3 Å². The summed E-state index contributed by atoms with van der Waals surface area (Å²) < 4.78 is 7.03. The van der Waals surface area contributed by atoms with Crippen molar-refractivity contribution in [1.29, 1.82) is 0 Å². The number of thioether (sulfide) groups is 1. The number of carbonyl (C=O) groups is 2. The number of thiophene rings is 1. The van der Waals surface area contributed by atoms with Crippen molar-refractivity contribution >= 4 is 51.6 Å². The lowest BCUT2D eigenvalue weighted by molar-refractivity contribution is -0.113. The molecular weight excluding hydrogens is 468 g/mol. The smallest absolute Gasteiger partial charge is 0.341 e. The first-order chi connectivity index (χ1) is 15.3. The molecule has 0 aliphatic rings. The zero-order valence-corrected chi connectivity index (χ0v) is 20.4. The first-order valence-corrected chi connectivity index (χ1v) is 12.0. The van der Waals surface area contributed by atoms with E-state index in [1.807, 2.05) is 30.5 Å². The van der Waals surface area contributed by atoms with Crippen LogP contribution in [0.15, 0.2) is 42.1 Å². The van der Waals surface area contributed by atoms with E-state index in [1.54, 1.807) is 25.1 Å². The van der Waals surface area contributed by atoms with E-state index in [9.17, 15) is 9.59 Å². The van der Waals surface area contributed by atoms with Crippen LogP contribution in [-0.4, -0.2) is 39.0 Å². The fourth-order valence-corrected chi connectivity index (χ4v) is 4.90. The minimum absolute atomic E-state index is 0.105. The maximum atomic E-state index is 12.7. The summed E-state index contributed by atoms with van der Waals surface area (Å²) >= 11 is 8.60. The molecule has 3 rings (SSSR count). The Balaban J connectivity index is 1.74. The monoisotopic (exact) mass is 490 g/mol. The van der Waals surface area contributed by atoms with Crippen LogP contribution < -0.4 is 5.32 Å². The van der Waals surface area contributed by atoms with Crippen molar-refractivity contribution in [2.45, 2.75) is 32.5 Å². The number of nitrogens with one attached hydrogen (secondary N) is 1. The summed E-state index contributed by atoms with van der Waals surface area (Å²) in [5.74, 6) is 0.0888. The Bertz CT molecular complexity index is 1140. The van der Waals surface area contributed by atoms with Gasteiger partial charge in [0, 0.05) is 22.0 Å². The molecule has 0 saturated heterocycles. The van der Waals surface area contributed by atoms with Gasteiger partial charge in [-0.3, -0.25) is 9.36 Å². The molecular formula is C22H23ClN4O3S2. The van der Waals surface area contributed by atoms with Crippen LogP contribution in [0.2, 0.25) is 5.02 Å². The maximum Gasteiger partial charge on any atom is 0.341 e. The number of aryl methyl sites for hydroxylation is 1. The highest BCUT2D eigenvalue weighted by Gasteiger charge is 2.22. The first kappa shape index (κ1) is 24.0. The molecule has 1 N–H and O–H groups in total. The molecule has 0 aliphatic carbocycles. The number of aromatic nitrogens is 3. The van der Waals surface area contributed by atoms with Crippen LogP contribution in [0, 0.1) is 13.8 Å². The van der Waals surface area contributed by atoms with Crippen LogP contribution in [-0.2, 0) is 16.1 Å². The summed E-state index contributed by atoms with van der Waals surface area (Å²) in [4.78, 5) is 25.9. The van der Waals surface area contributed by atoms with Crippen molar-refractivity contribution in [3.05, 3.63) is 57.9 Å². The number of amides is 1. The van der Waals surface area contributed by atoms with Gasteiger partial charge in [0.1, 0.15) is 5.00 Å². The van der Waals surface area contributed by atoms with Gasteiger partial charge in [0.25, 0.3) is 0 Å². The Hall–Kier alpha value is -2.62. The van der Waals surface area contributed by atoms with Gasteiger partial charge in [0.05, 0.1) is 17.9 Å². The van der Waals surface area contributed by atoms with Gasteiger partial charge in [-0.05, 0) is 50.6 Å². The van der Waals surface area contributed by atoms with Gasteiger partial charge in [0.2, 0.25) is 5.91 Å². The van der Waals surface area contributed by atoms with Crippen LogP contribution in [0.25, 0.3) is 11.4 Å². The molecule has 2 heterocycles. The second kappa shape index (κ2) is 10.8. The molecule has 168 valence electrons. The van der Waals surface area contributed by atoms with Crippen molar-refractivity contribution in [3.63, 3.8) is 0 Å². The summed E-state index contributed by atoms with van der Waals surface area (Å²) in [6.07, 6.45) is 1.75. The van der Waals surface area contributed by atoms with Crippen molar-refractivity contribution in [1.82, 2.24) is 14.8 Å². The fraction of sp³-hybridized carbons (Fsp3) is 0.273. The van der Waals surface area contributed by atoms with Gasteiger partial charge < -0.3 is 10.1 Å². The average Bonchev–Trinajstić information content (AvgIpc) is 3.28. The molecule has 0 radical (unpaired) electrons. The number of carbonyl (C=O) groups excluding carboxylic acids is 2. The Labute approximate surface area is 199 Å². The van der Waals surface area contributed by atoms with Crippen LogP contribution >= 0.6 is 34.7 Å². The highest BCUT2D eigenvalue weighted by molar-refractivity contribution is 7.99. The Morgan fingerprint density at radius 2 is 2.00 bits per heavy atom. The minimum atomic E-state index is -0.435. The summed E-state index contributed by atoms with van der Waals surface area (Å²) in [5, 5.41) is 13.1.